The summed E-state index contributed by atoms with van der Waals surface area (Å²) in [6.07, 6.45) is 3.51. The van der Waals surface area contributed by atoms with Crippen LogP contribution in [0.5, 0.6) is 0 Å². The summed E-state index contributed by atoms with van der Waals surface area (Å²) in [5.41, 5.74) is 1.89. The summed E-state index contributed by atoms with van der Waals surface area (Å²) < 4.78 is 0. The van der Waals surface area contributed by atoms with Gasteiger partial charge in [-0.3, -0.25) is 14.7 Å². The average molecular weight is 362 g/mol. The molecule has 27 heavy (non-hydrogen) atoms. The molecule has 7 nitrogen and oxygen atoms in total. The van der Waals surface area contributed by atoms with Gasteiger partial charge >= 0.3 is 0 Å². The summed E-state index contributed by atoms with van der Waals surface area (Å²) in [6, 6.07) is 12.0. The number of pyridine rings is 1. The van der Waals surface area contributed by atoms with Gasteiger partial charge in [0.15, 0.2) is 5.82 Å². The Hall–Kier alpha value is -3.06. The Morgan fingerprint density at radius 2 is 1.78 bits per heavy atom. The number of likely N-dealkylation sites (N-methyl/N-ethyl adjacent to an activating group) is 1. The number of aromatic nitrogens is 3. The van der Waals surface area contributed by atoms with Crippen LogP contribution in [0.1, 0.15) is 0 Å². The molecule has 1 aliphatic rings. The van der Waals surface area contributed by atoms with Crippen LogP contribution >= 0.6 is 0 Å². The molecule has 138 valence electrons. The number of anilines is 1. The van der Waals surface area contributed by atoms with Crippen molar-refractivity contribution < 1.29 is 4.79 Å². The molecule has 1 N–H and O–H groups in total. The van der Waals surface area contributed by atoms with E-state index >= 15 is 0 Å². The van der Waals surface area contributed by atoms with Crippen molar-refractivity contribution in [2.45, 2.75) is 0 Å². The van der Waals surface area contributed by atoms with Crippen molar-refractivity contribution in [3.8, 4) is 11.4 Å². The first-order chi connectivity index (χ1) is 13.2. The highest BCUT2D eigenvalue weighted by atomic mass is 16.1. The molecule has 4 rings (SSSR count). The van der Waals surface area contributed by atoms with Crippen LogP contribution in [0.15, 0.2) is 48.8 Å². The summed E-state index contributed by atoms with van der Waals surface area (Å²) in [4.78, 5) is 29.8. The SMILES string of the molecule is CNC(=O)CN1CCN(c2nc(-c3ccncc3)nc3ccccc23)CC1. The maximum Gasteiger partial charge on any atom is 0.233 e. The van der Waals surface area contributed by atoms with Crippen LogP contribution in [-0.4, -0.2) is 65.5 Å². The van der Waals surface area contributed by atoms with E-state index in [1.54, 1.807) is 19.4 Å². The molecule has 0 saturated carbocycles. The van der Waals surface area contributed by atoms with Gasteiger partial charge in [0.1, 0.15) is 5.82 Å². The molecule has 0 radical (unpaired) electrons. The average Bonchev–Trinajstić information content (AvgIpc) is 2.74. The zero-order valence-electron chi connectivity index (χ0n) is 15.3. The van der Waals surface area contributed by atoms with E-state index in [1.165, 1.54) is 0 Å². The van der Waals surface area contributed by atoms with Gasteiger partial charge < -0.3 is 10.2 Å². The maximum atomic E-state index is 11.6. The Balaban J connectivity index is 1.64. The van der Waals surface area contributed by atoms with Crippen LogP contribution < -0.4 is 10.2 Å². The van der Waals surface area contributed by atoms with E-state index in [4.69, 9.17) is 9.97 Å². The minimum absolute atomic E-state index is 0.0518. The number of rotatable bonds is 4. The first-order valence-corrected chi connectivity index (χ1v) is 9.09. The number of nitrogens with zero attached hydrogens (tertiary/aromatic N) is 5. The highest BCUT2D eigenvalue weighted by molar-refractivity contribution is 5.91. The van der Waals surface area contributed by atoms with Gasteiger partial charge in [-0.1, -0.05) is 12.1 Å². The van der Waals surface area contributed by atoms with Crippen molar-refractivity contribution in [2.75, 3.05) is 44.7 Å². The molecule has 3 heterocycles. The molecular weight excluding hydrogens is 340 g/mol. The molecule has 1 amide bonds. The fraction of sp³-hybridized carbons (Fsp3) is 0.300. The predicted octanol–water partition coefficient (Wildman–Crippen LogP) is 1.56. The molecule has 1 fully saturated rings. The van der Waals surface area contributed by atoms with E-state index < -0.39 is 0 Å². The van der Waals surface area contributed by atoms with Gasteiger partial charge in [0, 0.05) is 56.6 Å². The van der Waals surface area contributed by atoms with Crippen LogP contribution in [-0.2, 0) is 4.79 Å². The molecule has 0 atom stereocenters. The molecule has 0 spiro atoms. The second-order valence-electron chi connectivity index (χ2n) is 6.56. The van der Waals surface area contributed by atoms with Crippen molar-refractivity contribution in [1.82, 2.24) is 25.2 Å². The molecule has 0 bridgehead atoms. The standard InChI is InChI=1S/C20H22N6O/c1-21-18(27)14-25-10-12-26(13-11-25)20-16-4-2-3-5-17(16)23-19(24-20)15-6-8-22-9-7-15/h2-9H,10-14H2,1H3,(H,21,27). The third-order valence-electron chi connectivity index (χ3n) is 4.84. The van der Waals surface area contributed by atoms with Gasteiger partial charge in [0.2, 0.25) is 5.91 Å². The maximum absolute atomic E-state index is 11.6. The number of fused-ring (bicyclic) bond motifs is 1. The number of piperazine rings is 1. The number of hydrogen-bond acceptors (Lipinski definition) is 6. The summed E-state index contributed by atoms with van der Waals surface area (Å²) in [7, 11) is 1.67. The quantitative estimate of drug-likeness (QED) is 0.759. The summed E-state index contributed by atoms with van der Waals surface area (Å²) in [5, 5.41) is 3.74. The third kappa shape index (κ3) is 3.73. The van der Waals surface area contributed by atoms with Gasteiger partial charge in [-0.05, 0) is 24.3 Å². The smallest absolute Gasteiger partial charge is 0.233 e. The molecular formula is C20H22N6O. The van der Waals surface area contributed by atoms with Crippen molar-refractivity contribution in [3.63, 3.8) is 0 Å². The predicted molar refractivity (Wildman–Crippen MR) is 105 cm³/mol. The lowest BCUT2D eigenvalue weighted by Gasteiger charge is -2.35. The largest absolute Gasteiger partial charge is 0.358 e. The van der Waals surface area contributed by atoms with Gasteiger partial charge in [-0.2, -0.15) is 0 Å². The minimum Gasteiger partial charge on any atom is -0.358 e. The highest BCUT2D eigenvalue weighted by Crippen LogP contribution is 2.28. The molecule has 0 aliphatic carbocycles. The van der Waals surface area contributed by atoms with Crippen LogP contribution in [0.2, 0.25) is 0 Å². The Morgan fingerprint density at radius 1 is 1.04 bits per heavy atom. The van der Waals surface area contributed by atoms with E-state index in [0.717, 1.165) is 48.5 Å². The first-order valence-electron chi connectivity index (χ1n) is 9.09. The number of hydrogen-bond donors (Lipinski definition) is 1. The third-order valence-corrected chi connectivity index (χ3v) is 4.84. The van der Waals surface area contributed by atoms with E-state index in [9.17, 15) is 4.79 Å². The van der Waals surface area contributed by atoms with E-state index in [1.807, 2.05) is 30.3 Å². The second-order valence-corrected chi connectivity index (χ2v) is 6.56. The van der Waals surface area contributed by atoms with E-state index in [-0.39, 0.29) is 5.91 Å². The molecule has 1 aliphatic heterocycles. The van der Waals surface area contributed by atoms with Crippen molar-refractivity contribution in [3.05, 3.63) is 48.8 Å². The number of benzene rings is 1. The topological polar surface area (TPSA) is 74.2 Å². The lowest BCUT2D eigenvalue weighted by atomic mass is 10.2. The monoisotopic (exact) mass is 362 g/mol. The molecule has 1 saturated heterocycles. The number of carbonyl (C=O) groups is 1. The number of amides is 1. The van der Waals surface area contributed by atoms with Gasteiger partial charge in [-0.15, -0.1) is 0 Å². The fourth-order valence-corrected chi connectivity index (χ4v) is 3.33. The zero-order chi connectivity index (χ0) is 18.6. The van der Waals surface area contributed by atoms with Crippen molar-refractivity contribution in [2.24, 2.45) is 0 Å². The van der Waals surface area contributed by atoms with E-state index in [0.29, 0.717) is 12.4 Å². The molecule has 2 aromatic heterocycles. The lowest BCUT2D eigenvalue weighted by Crippen LogP contribution is -2.49. The van der Waals surface area contributed by atoms with Gasteiger partial charge in [0.25, 0.3) is 0 Å². The van der Waals surface area contributed by atoms with Crippen LogP contribution in [0.25, 0.3) is 22.3 Å². The second kappa shape index (κ2) is 7.67. The van der Waals surface area contributed by atoms with Gasteiger partial charge in [0.05, 0.1) is 12.1 Å². The Bertz CT molecular complexity index is 938. The summed E-state index contributed by atoms with van der Waals surface area (Å²) in [5.74, 6) is 1.71. The lowest BCUT2D eigenvalue weighted by molar-refractivity contribution is -0.121. The first kappa shape index (κ1) is 17.4. The highest BCUT2D eigenvalue weighted by Gasteiger charge is 2.22. The Kier molecular flexibility index (Phi) is 4.93. The van der Waals surface area contributed by atoms with Crippen LogP contribution in [0.4, 0.5) is 5.82 Å². The van der Waals surface area contributed by atoms with E-state index in [2.05, 4.69) is 26.2 Å². The summed E-state index contributed by atoms with van der Waals surface area (Å²) in [6.45, 7) is 3.76. The summed E-state index contributed by atoms with van der Waals surface area (Å²) >= 11 is 0. The minimum atomic E-state index is 0.0518. The molecule has 1 aromatic carbocycles. The number of para-hydroxylation sites is 1. The normalized spacial score (nSPS) is 15.1. The molecule has 0 unspecified atom stereocenters. The Labute approximate surface area is 158 Å². The number of nitrogens with one attached hydrogen (secondary N) is 1. The molecule has 7 heteroatoms. The van der Waals surface area contributed by atoms with Crippen LogP contribution in [0, 0.1) is 0 Å². The fourth-order valence-electron chi connectivity index (χ4n) is 3.33. The van der Waals surface area contributed by atoms with Crippen molar-refractivity contribution >= 4 is 22.6 Å². The van der Waals surface area contributed by atoms with Gasteiger partial charge in [-0.25, -0.2) is 9.97 Å². The zero-order valence-corrected chi connectivity index (χ0v) is 15.3. The molecule has 3 aromatic rings. The van der Waals surface area contributed by atoms with Crippen molar-refractivity contribution in [1.29, 1.82) is 0 Å². The number of carbonyl (C=O) groups excluding carboxylic acids is 1. The Morgan fingerprint density at radius 3 is 2.52 bits per heavy atom. The van der Waals surface area contributed by atoms with Crippen LogP contribution in [0.3, 0.4) is 0 Å².